The van der Waals surface area contributed by atoms with Crippen LogP contribution in [0.2, 0.25) is 0 Å². The van der Waals surface area contributed by atoms with E-state index in [9.17, 15) is 4.79 Å². The molecule has 0 saturated carbocycles. The summed E-state index contributed by atoms with van der Waals surface area (Å²) in [5, 5.41) is 3.04. The van der Waals surface area contributed by atoms with E-state index >= 15 is 0 Å². The summed E-state index contributed by atoms with van der Waals surface area (Å²) in [4.78, 5) is 18.6. The highest BCUT2D eigenvalue weighted by Crippen LogP contribution is 2.31. The minimum absolute atomic E-state index is 0.0196. The first kappa shape index (κ1) is 16.6. The molecule has 1 saturated heterocycles. The van der Waals surface area contributed by atoms with Crippen LogP contribution in [0.4, 0.5) is 0 Å². The number of ether oxygens (including phenoxy) is 1. The molecule has 2 heterocycles. The molecule has 1 fully saturated rings. The SMILES string of the molecule is CC1CCCN(C(N)=NCC(=O)NC2CCOc3ccccc32)C1. The number of likely N-dealkylation sites (tertiary alicyclic amines) is 1. The monoisotopic (exact) mass is 330 g/mol. The number of benzene rings is 1. The van der Waals surface area contributed by atoms with E-state index in [0.29, 0.717) is 18.5 Å². The van der Waals surface area contributed by atoms with E-state index in [1.54, 1.807) is 0 Å². The van der Waals surface area contributed by atoms with Crippen molar-refractivity contribution in [3.63, 3.8) is 0 Å². The van der Waals surface area contributed by atoms with Crippen molar-refractivity contribution in [1.82, 2.24) is 10.2 Å². The van der Waals surface area contributed by atoms with Crippen LogP contribution < -0.4 is 15.8 Å². The highest BCUT2D eigenvalue weighted by molar-refractivity contribution is 5.84. The molecule has 0 spiro atoms. The Morgan fingerprint density at radius 3 is 3.08 bits per heavy atom. The number of guanidine groups is 1. The lowest BCUT2D eigenvalue weighted by molar-refractivity contribution is -0.120. The van der Waals surface area contributed by atoms with Gasteiger partial charge in [-0.15, -0.1) is 0 Å². The van der Waals surface area contributed by atoms with Crippen LogP contribution in [-0.4, -0.2) is 43.0 Å². The zero-order valence-corrected chi connectivity index (χ0v) is 14.2. The van der Waals surface area contributed by atoms with E-state index in [1.807, 2.05) is 24.3 Å². The summed E-state index contributed by atoms with van der Waals surface area (Å²) in [5.74, 6) is 1.84. The molecule has 3 N–H and O–H groups in total. The second kappa shape index (κ2) is 7.55. The summed E-state index contributed by atoms with van der Waals surface area (Å²) in [6.45, 7) is 4.74. The Bertz CT molecular complexity index is 617. The molecule has 0 aliphatic carbocycles. The van der Waals surface area contributed by atoms with Gasteiger partial charge in [0.2, 0.25) is 5.91 Å². The number of nitrogens with two attached hydrogens (primary N) is 1. The molecular formula is C18H26N4O2. The Labute approximate surface area is 143 Å². The van der Waals surface area contributed by atoms with Gasteiger partial charge in [0.05, 0.1) is 12.6 Å². The van der Waals surface area contributed by atoms with Gasteiger partial charge in [-0.2, -0.15) is 0 Å². The number of piperidine rings is 1. The predicted octanol–water partition coefficient (Wildman–Crippen LogP) is 1.67. The lowest BCUT2D eigenvalue weighted by Crippen LogP contribution is -2.44. The van der Waals surface area contributed by atoms with Crippen molar-refractivity contribution in [3.05, 3.63) is 29.8 Å². The average molecular weight is 330 g/mol. The molecule has 0 radical (unpaired) electrons. The minimum atomic E-state index is -0.107. The summed E-state index contributed by atoms with van der Waals surface area (Å²) >= 11 is 0. The Morgan fingerprint density at radius 1 is 1.42 bits per heavy atom. The van der Waals surface area contributed by atoms with Crippen LogP contribution in [0, 0.1) is 5.92 Å². The van der Waals surface area contributed by atoms with Crippen molar-refractivity contribution < 1.29 is 9.53 Å². The molecular weight excluding hydrogens is 304 g/mol. The third kappa shape index (κ3) is 3.99. The van der Waals surface area contributed by atoms with Gasteiger partial charge in [0.1, 0.15) is 12.3 Å². The number of hydrogen-bond acceptors (Lipinski definition) is 3. The first-order valence-electron chi connectivity index (χ1n) is 8.69. The van der Waals surface area contributed by atoms with Crippen LogP contribution in [0.25, 0.3) is 0 Å². The quantitative estimate of drug-likeness (QED) is 0.653. The van der Waals surface area contributed by atoms with Gasteiger partial charge in [-0.25, -0.2) is 4.99 Å². The summed E-state index contributed by atoms with van der Waals surface area (Å²) < 4.78 is 5.62. The van der Waals surface area contributed by atoms with Crippen LogP contribution in [0.15, 0.2) is 29.3 Å². The summed E-state index contributed by atoms with van der Waals surface area (Å²) in [7, 11) is 0. The molecule has 0 aromatic heterocycles. The number of fused-ring (bicyclic) bond motifs is 1. The molecule has 6 heteroatoms. The van der Waals surface area contributed by atoms with Gasteiger partial charge in [0.25, 0.3) is 0 Å². The number of nitrogens with one attached hydrogen (secondary N) is 1. The number of hydrogen-bond donors (Lipinski definition) is 2. The summed E-state index contributed by atoms with van der Waals surface area (Å²) in [6, 6.07) is 7.80. The smallest absolute Gasteiger partial charge is 0.242 e. The molecule has 2 aliphatic heterocycles. The topological polar surface area (TPSA) is 80.0 Å². The van der Waals surface area contributed by atoms with Gasteiger partial charge in [-0.1, -0.05) is 25.1 Å². The van der Waals surface area contributed by atoms with E-state index in [0.717, 1.165) is 37.2 Å². The lowest BCUT2D eigenvalue weighted by Gasteiger charge is -2.31. The fourth-order valence-electron chi connectivity index (χ4n) is 3.38. The number of carbonyl (C=O) groups excluding carboxylic acids is 1. The highest BCUT2D eigenvalue weighted by atomic mass is 16.5. The third-order valence-corrected chi connectivity index (χ3v) is 4.66. The van der Waals surface area contributed by atoms with Crippen LogP contribution in [0.5, 0.6) is 5.75 Å². The van der Waals surface area contributed by atoms with Gasteiger partial charge in [0, 0.05) is 25.1 Å². The van der Waals surface area contributed by atoms with Crippen molar-refractivity contribution in [2.45, 2.75) is 32.2 Å². The van der Waals surface area contributed by atoms with Crippen LogP contribution in [0.3, 0.4) is 0 Å². The largest absolute Gasteiger partial charge is 0.493 e. The normalized spacial score (nSPS) is 24.0. The van der Waals surface area contributed by atoms with Crippen molar-refractivity contribution in [1.29, 1.82) is 0 Å². The third-order valence-electron chi connectivity index (χ3n) is 4.66. The number of carbonyl (C=O) groups is 1. The van der Waals surface area contributed by atoms with Crippen LogP contribution in [-0.2, 0) is 4.79 Å². The zero-order valence-electron chi connectivity index (χ0n) is 14.2. The first-order valence-corrected chi connectivity index (χ1v) is 8.69. The van der Waals surface area contributed by atoms with Crippen molar-refractivity contribution in [3.8, 4) is 5.75 Å². The second-order valence-electron chi connectivity index (χ2n) is 6.66. The van der Waals surface area contributed by atoms with E-state index in [-0.39, 0.29) is 18.5 Å². The maximum absolute atomic E-state index is 12.2. The standard InChI is InChI=1S/C18H26N4O2/c1-13-5-4-9-22(12-13)18(19)20-11-17(23)21-15-8-10-24-16-7-3-2-6-14(15)16/h2-3,6-7,13,15H,4-5,8-12H2,1H3,(H2,19,20)(H,21,23). The summed E-state index contributed by atoms with van der Waals surface area (Å²) in [6.07, 6.45) is 3.13. The molecule has 1 aromatic carbocycles. The molecule has 130 valence electrons. The number of para-hydroxylation sites is 1. The molecule has 1 aromatic rings. The predicted molar refractivity (Wildman–Crippen MR) is 93.9 cm³/mol. The molecule has 2 atom stereocenters. The molecule has 2 aliphatic rings. The molecule has 6 nitrogen and oxygen atoms in total. The zero-order chi connectivity index (χ0) is 16.9. The van der Waals surface area contributed by atoms with E-state index in [4.69, 9.17) is 10.5 Å². The highest BCUT2D eigenvalue weighted by Gasteiger charge is 2.23. The maximum Gasteiger partial charge on any atom is 0.242 e. The van der Waals surface area contributed by atoms with Crippen molar-refractivity contribution in [2.24, 2.45) is 16.6 Å². The Hall–Kier alpha value is -2.24. The second-order valence-corrected chi connectivity index (χ2v) is 6.66. The Morgan fingerprint density at radius 2 is 2.25 bits per heavy atom. The maximum atomic E-state index is 12.2. The molecule has 2 unspecified atom stereocenters. The van der Waals surface area contributed by atoms with Gasteiger partial charge in [-0.3, -0.25) is 4.79 Å². The fraction of sp³-hybridized carbons (Fsp3) is 0.556. The van der Waals surface area contributed by atoms with E-state index in [2.05, 4.69) is 22.1 Å². The minimum Gasteiger partial charge on any atom is -0.493 e. The van der Waals surface area contributed by atoms with Gasteiger partial charge in [0.15, 0.2) is 5.96 Å². The molecule has 3 rings (SSSR count). The first-order chi connectivity index (χ1) is 11.6. The number of amides is 1. The number of nitrogens with zero attached hydrogens (tertiary/aromatic N) is 2. The Balaban J connectivity index is 1.55. The van der Waals surface area contributed by atoms with Crippen LogP contribution >= 0.6 is 0 Å². The molecule has 24 heavy (non-hydrogen) atoms. The van der Waals surface area contributed by atoms with Crippen molar-refractivity contribution in [2.75, 3.05) is 26.2 Å². The average Bonchev–Trinajstić information content (AvgIpc) is 2.60. The summed E-state index contributed by atoms with van der Waals surface area (Å²) in [5.41, 5.74) is 7.07. The number of rotatable bonds is 3. The fourth-order valence-corrected chi connectivity index (χ4v) is 3.38. The molecule has 1 amide bonds. The Kier molecular flexibility index (Phi) is 5.23. The van der Waals surface area contributed by atoms with Crippen LogP contribution in [0.1, 0.15) is 37.8 Å². The van der Waals surface area contributed by atoms with Gasteiger partial charge < -0.3 is 20.7 Å². The molecule has 0 bridgehead atoms. The lowest BCUT2D eigenvalue weighted by atomic mass is 10.0. The number of aliphatic imine (C=N–C) groups is 1. The van der Waals surface area contributed by atoms with E-state index in [1.165, 1.54) is 6.42 Å². The van der Waals surface area contributed by atoms with Crippen molar-refractivity contribution >= 4 is 11.9 Å². The van der Waals surface area contributed by atoms with E-state index < -0.39 is 0 Å². The van der Waals surface area contributed by atoms with Gasteiger partial charge in [-0.05, 0) is 24.8 Å². The van der Waals surface area contributed by atoms with Gasteiger partial charge >= 0.3 is 0 Å².